The number of sulfonamides is 1. The average Bonchev–Trinajstić information content (AvgIpc) is 2.15. The Morgan fingerprint density at radius 3 is 2.29 bits per heavy atom. The van der Waals surface area contributed by atoms with Crippen LogP contribution in [-0.2, 0) is 10.0 Å². The fourth-order valence-corrected chi connectivity index (χ4v) is 3.57. The topological polar surface area (TPSA) is 63.4 Å². The molecule has 1 rings (SSSR count). The van der Waals surface area contributed by atoms with Crippen LogP contribution in [0, 0.1) is 0 Å². The third kappa shape index (κ3) is 2.93. The minimum Gasteiger partial charge on any atom is -0.399 e. The van der Waals surface area contributed by atoms with Crippen molar-refractivity contribution in [3.05, 3.63) is 34.8 Å². The SMILES string of the molecule is C=CCN(C)S(=O)(=O)c1c(Cl)cc(N)cc1Cl. The van der Waals surface area contributed by atoms with Crippen molar-refractivity contribution in [2.45, 2.75) is 4.90 Å². The first-order chi connectivity index (χ1) is 7.80. The molecule has 1 aromatic carbocycles. The van der Waals surface area contributed by atoms with E-state index < -0.39 is 10.0 Å². The molecule has 0 unspecified atom stereocenters. The Hall–Kier alpha value is -0.750. The van der Waals surface area contributed by atoms with E-state index in [0.717, 1.165) is 4.31 Å². The molecule has 0 aliphatic heterocycles. The van der Waals surface area contributed by atoms with Crippen molar-refractivity contribution >= 4 is 38.9 Å². The predicted molar refractivity (Wildman–Crippen MR) is 70.9 cm³/mol. The van der Waals surface area contributed by atoms with Crippen molar-refractivity contribution in [1.29, 1.82) is 0 Å². The van der Waals surface area contributed by atoms with Gasteiger partial charge in [0.1, 0.15) is 4.90 Å². The van der Waals surface area contributed by atoms with Crippen LogP contribution in [0.3, 0.4) is 0 Å². The summed E-state index contributed by atoms with van der Waals surface area (Å²) in [5.41, 5.74) is 5.82. The number of benzene rings is 1. The maximum atomic E-state index is 12.1. The van der Waals surface area contributed by atoms with E-state index in [1.54, 1.807) is 0 Å². The molecule has 2 N–H and O–H groups in total. The van der Waals surface area contributed by atoms with Gasteiger partial charge in [0.05, 0.1) is 10.0 Å². The van der Waals surface area contributed by atoms with E-state index >= 15 is 0 Å². The van der Waals surface area contributed by atoms with E-state index in [2.05, 4.69) is 6.58 Å². The van der Waals surface area contributed by atoms with Gasteiger partial charge in [-0.15, -0.1) is 6.58 Å². The molecule has 17 heavy (non-hydrogen) atoms. The molecule has 1 aromatic rings. The largest absolute Gasteiger partial charge is 0.399 e. The quantitative estimate of drug-likeness (QED) is 0.685. The van der Waals surface area contributed by atoms with Crippen molar-refractivity contribution in [1.82, 2.24) is 4.31 Å². The van der Waals surface area contributed by atoms with Crippen LogP contribution in [0.4, 0.5) is 5.69 Å². The molecule has 0 aliphatic carbocycles. The number of rotatable bonds is 4. The Morgan fingerprint density at radius 1 is 1.41 bits per heavy atom. The molecule has 0 amide bonds. The van der Waals surface area contributed by atoms with E-state index in [1.165, 1.54) is 25.3 Å². The number of hydrogen-bond donors (Lipinski definition) is 1. The molecule has 4 nitrogen and oxygen atoms in total. The van der Waals surface area contributed by atoms with Crippen molar-refractivity contribution in [3.63, 3.8) is 0 Å². The van der Waals surface area contributed by atoms with Gasteiger partial charge < -0.3 is 5.73 Å². The van der Waals surface area contributed by atoms with Crippen molar-refractivity contribution in [2.24, 2.45) is 0 Å². The fourth-order valence-electron chi connectivity index (χ4n) is 1.26. The predicted octanol–water partition coefficient (Wildman–Crippen LogP) is 2.38. The summed E-state index contributed by atoms with van der Waals surface area (Å²) in [4.78, 5) is -0.139. The summed E-state index contributed by atoms with van der Waals surface area (Å²) in [6.45, 7) is 3.64. The van der Waals surface area contributed by atoms with Gasteiger partial charge in [0.2, 0.25) is 10.0 Å². The van der Waals surface area contributed by atoms with Crippen molar-refractivity contribution in [3.8, 4) is 0 Å². The van der Waals surface area contributed by atoms with Gasteiger partial charge in [-0.05, 0) is 12.1 Å². The number of hydrogen-bond acceptors (Lipinski definition) is 3. The number of likely N-dealkylation sites (N-methyl/N-ethyl adjacent to an activating group) is 1. The molecular weight excluding hydrogens is 283 g/mol. The molecule has 0 bridgehead atoms. The highest BCUT2D eigenvalue weighted by Crippen LogP contribution is 2.33. The van der Waals surface area contributed by atoms with Crippen LogP contribution >= 0.6 is 23.2 Å². The van der Waals surface area contributed by atoms with Gasteiger partial charge in [-0.2, -0.15) is 4.31 Å². The van der Waals surface area contributed by atoms with Crippen LogP contribution in [0.5, 0.6) is 0 Å². The van der Waals surface area contributed by atoms with Gasteiger partial charge in [0, 0.05) is 19.3 Å². The first kappa shape index (κ1) is 14.3. The minimum atomic E-state index is -3.74. The van der Waals surface area contributed by atoms with Crippen molar-refractivity contribution < 1.29 is 8.42 Å². The lowest BCUT2D eigenvalue weighted by Gasteiger charge is -2.17. The Bertz CT molecular complexity index is 520. The second-order valence-corrected chi connectivity index (χ2v) is 6.18. The Balaban J connectivity index is 3.39. The minimum absolute atomic E-state index is 0.00547. The highest BCUT2D eigenvalue weighted by Gasteiger charge is 2.26. The van der Waals surface area contributed by atoms with E-state index in [4.69, 9.17) is 28.9 Å². The molecule has 0 atom stereocenters. The van der Waals surface area contributed by atoms with Crippen LogP contribution in [0.25, 0.3) is 0 Å². The Labute approximate surface area is 111 Å². The van der Waals surface area contributed by atoms with Crippen molar-refractivity contribution in [2.75, 3.05) is 19.3 Å². The summed E-state index contributed by atoms with van der Waals surface area (Å²) in [6, 6.07) is 2.70. The zero-order valence-corrected chi connectivity index (χ0v) is 11.5. The van der Waals surface area contributed by atoms with Crippen LogP contribution in [0.1, 0.15) is 0 Å². The van der Waals surface area contributed by atoms with E-state index in [9.17, 15) is 8.42 Å². The van der Waals surface area contributed by atoms with Crippen LogP contribution < -0.4 is 5.73 Å². The number of anilines is 1. The van der Waals surface area contributed by atoms with Crippen LogP contribution in [-0.4, -0.2) is 26.3 Å². The zero-order valence-electron chi connectivity index (χ0n) is 9.15. The van der Waals surface area contributed by atoms with Crippen LogP contribution in [0.2, 0.25) is 10.0 Å². The lowest BCUT2D eigenvalue weighted by Crippen LogP contribution is -2.27. The van der Waals surface area contributed by atoms with E-state index in [1.807, 2.05) is 0 Å². The molecule has 0 radical (unpaired) electrons. The monoisotopic (exact) mass is 294 g/mol. The van der Waals surface area contributed by atoms with Gasteiger partial charge in [-0.25, -0.2) is 8.42 Å². The van der Waals surface area contributed by atoms with Gasteiger partial charge in [0.25, 0.3) is 0 Å². The standard InChI is InChI=1S/C10H12Cl2N2O2S/c1-3-4-14(2)17(15,16)10-8(11)5-7(13)6-9(10)12/h3,5-6H,1,4,13H2,2H3. The molecule has 0 aromatic heterocycles. The molecule has 7 heteroatoms. The Morgan fingerprint density at radius 2 is 1.88 bits per heavy atom. The van der Waals surface area contributed by atoms with E-state index in [-0.39, 0.29) is 21.5 Å². The van der Waals surface area contributed by atoms with Crippen LogP contribution in [0.15, 0.2) is 29.7 Å². The lowest BCUT2D eigenvalue weighted by atomic mass is 10.3. The molecule has 0 spiro atoms. The summed E-state index contributed by atoms with van der Waals surface area (Å²) in [6.07, 6.45) is 1.47. The summed E-state index contributed by atoms with van der Waals surface area (Å²) in [5, 5.41) is 0.0109. The Kier molecular flexibility index (Phi) is 4.43. The zero-order chi connectivity index (χ0) is 13.2. The lowest BCUT2D eigenvalue weighted by molar-refractivity contribution is 0.499. The number of nitrogens with two attached hydrogens (primary N) is 1. The smallest absolute Gasteiger partial charge is 0.246 e. The number of nitrogen functional groups attached to an aromatic ring is 1. The van der Waals surface area contributed by atoms with Gasteiger partial charge in [-0.3, -0.25) is 0 Å². The van der Waals surface area contributed by atoms with Gasteiger partial charge in [0.15, 0.2) is 0 Å². The van der Waals surface area contributed by atoms with E-state index in [0.29, 0.717) is 5.69 Å². The highest BCUT2D eigenvalue weighted by atomic mass is 35.5. The van der Waals surface area contributed by atoms with Gasteiger partial charge in [-0.1, -0.05) is 29.3 Å². The number of halogens is 2. The summed E-state index contributed by atoms with van der Waals surface area (Å²) < 4.78 is 25.4. The normalized spacial score (nSPS) is 11.8. The first-order valence-electron chi connectivity index (χ1n) is 4.62. The third-order valence-electron chi connectivity index (χ3n) is 2.08. The average molecular weight is 295 g/mol. The maximum Gasteiger partial charge on any atom is 0.246 e. The molecule has 0 fully saturated rings. The summed E-state index contributed by atoms with van der Waals surface area (Å²) in [7, 11) is -2.32. The molecule has 0 heterocycles. The number of nitrogens with zero attached hydrogens (tertiary/aromatic N) is 1. The second kappa shape index (κ2) is 5.27. The summed E-state index contributed by atoms with van der Waals surface area (Å²) in [5.74, 6) is 0. The maximum absolute atomic E-state index is 12.1. The molecule has 0 saturated carbocycles. The molecular formula is C10H12Cl2N2O2S. The molecule has 94 valence electrons. The van der Waals surface area contributed by atoms with Gasteiger partial charge >= 0.3 is 0 Å². The highest BCUT2D eigenvalue weighted by molar-refractivity contribution is 7.89. The summed E-state index contributed by atoms with van der Waals surface area (Å²) >= 11 is 11.7. The molecule has 0 saturated heterocycles. The fraction of sp³-hybridized carbons (Fsp3) is 0.200. The second-order valence-electron chi connectivity index (χ2n) is 3.39. The third-order valence-corrected chi connectivity index (χ3v) is 4.82. The molecule has 0 aliphatic rings. The first-order valence-corrected chi connectivity index (χ1v) is 6.82.